The van der Waals surface area contributed by atoms with E-state index >= 15 is 0 Å². The number of amides is 1. The molecule has 1 unspecified atom stereocenters. The van der Waals surface area contributed by atoms with E-state index in [0.717, 1.165) is 10.4 Å². The number of carbonyl (C=O) groups is 2. The minimum atomic E-state index is -0.458. The fourth-order valence-electron chi connectivity index (χ4n) is 3.26. The molecule has 2 heterocycles. The van der Waals surface area contributed by atoms with Gasteiger partial charge >= 0.3 is 5.97 Å². The highest BCUT2D eigenvalue weighted by atomic mass is 35.5. The third-order valence-corrected chi connectivity index (χ3v) is 6.97. The minimum Gasteiger partial charge on any atom is -0.482 e. The Bertz CT molecular complexity index is 1220. The molecule has 0 saturated carbocycles. The Kier molecular flexibility index (Phi) is 9.36. The third-order valence-electron chi connectivity index (χ3n) is 4.80. The summed E-state index contributed by atoms with van der Waals surface area (Å²) in [5.41, 5.74) is 1.27. The number of ether oxygens (including phenoxy) is 2. The van der Waals surface area contributed by atoms with Gasteiger partial charge in [-0.2, -0.15) is 0 Å². The number of nitrogens with zero attached hydrogens (tertiary/aromatic N) is 3. The summed E-state index contributed by atoms with van der Waals surface area (Å²) in [7, 11) is 0. The molecule has 11 heteroatoms. The summed E-state index contributed by atoms with van der Waals surface area (Å²) in [6, 6.07) is 7.13. The normalized spacial score (nSPS) is 11.7. The van der Waals surface area contributed by atoms with E-state index in [0.29, 0.717) is 38.9 Å². The number of carbonyl (C=O) groups excluding carboxylic acids is 2. The number of thioether (sulfide) groups is 1. The molecule has 3 aromatic rings. The number of hydrogen-bond acceptors (Lipinski definition) is 8. The fourth-order valence-corrected chi connectivity index (χ4v) is 5.15. The summed E-state index contributed by atoms with van der Waals surface area (Å²) >= 11 is 8.61. The van der Waals surface area contributed by atoms with Crippen LogP contribution in [0.5, 0.6) is 5.75 Å². The van der Waals surface area contributed by atoms with Crippen LogP contribution in [0, 0.1) is 13.8 Å². The van der Waals surface area contributed by atoms with E-state index in [4.69, 9.17) is 21.1 Å². The molecule has 0 fully saturated rings. The first-order chi connectivity index (χ1) is 16.7. The number of esters is 1. The maximum atomic E-state index is 12.7. The van der Waals surface area contributed by atoms with Crippen LogP contribution in [-0.2, 0) is 16.1 Å². The maximum Gasteiger partial charge on any atom is 0.341 e. The molecule has 0 spiro atoms. The Hall–Kier alpha value is -2.82. The van der Waals surface area contributed by atoms with Gasteiger partial charge in [0.25, 0.3) is 0 Å². The molecule has 0 bridgehead atoms. The summed E-state index contributed by atoms with van der Waals surface area (Å²) < 4.78 is 13.0. The van der Waals surface area contributed by atoms with E-state index in [2.05, 4.69) is 22.1 Å². The highest BCUT2D eigenvalue weighted by Gasteiger charge is 2.22. The van der Waals surface area contributed by atoms with Gasteiger partial charge in [-0.05, 0) is 57.5 Å². The molecule has 0 aliphatic carbocycles. The fraction of sp³-hybridized carbons (Fsp3) is 0.333. The summed E-state index contributed by atoms with van der Waals surface area (Å²) in [5, 5.41) is 13.1. The van der Waals surface area contributed by atoms with Crippen molar-refractivity contribution in [3.63, 3.8) is 0 Å². The van der Waals surface area contributed by atoms with Crippen molar-refractivity contribution in [2.45, 2.75) is 45.5 Å². The SMILES string of the molecule is C=CCn1c(SCC(=O)Nc2sc(C)cc2C(=O)OCC)nnc1C(C)Oc1ccc(Cl)cc1C. The molecule has 1 aromatic carbocycles. The van der Waals surface area contributed by atoms with E-state index in [9.17, 15) is 9.59 Å². The van der Waals surface area contributed by atoms with Crippen LogP contribution in [0.2, 0.25) is 5.02 Å². The summed E-state index contributed by atoms with van der Waals surface area (Å²) in [5.74, 6) is 0.672. The number of halogens is 1. The van der Waals surface area contributed by atoms with Gasteiger partial charge < -0.3 is 14.8 Å². The van der Waals surface area contributed by atoms with Crippen LogP contribution in [0.15, 0.2) is 42.1 Å². The molecule has 186 valence electrons. The molecule has 2 aromatic heterocycles. The predicted molar refractivity (Wildman–Crippen MR) is 140 cm³/mol. The number of hydrogen-bond donors (Lipinski definition) is 1. The van der Waals surface area contributed by atoms with Crippen molar-refractivity contribution in [1.82, 2.24) is 14.8 Å². The van der Waals surface area contributed by atoms with Gasteiger partial charge in [-0.25, -0.2) is 4.79 Å². The Morgan fingerprint density at radius 1 is 1.31 bits per heavy atom. The lowest BCUT2D eigenvalue weighted by atomic mass is 10.2. The number of aromatic nitrogens is 3. The average Bonchev–Trinajstić information content (AvgIpc) is 3.37. The van der Waals surface area contributed by atoms with Crippen molar-refractivity contribution < 1.29 is 19.1 Å². The first-order valence-electron chi connectivity index (χ1n) is 10.9. The van der Waals surface area contributed by atoms with Crippen LogP contribution in [0.3, 0.4) is 0 Å². The van der Waals surface area contributed by atoms with Crippen LogP contribution in [0.1, 0.15) is 46.6 Å². The number of aryl methyl sites for hydroxylation is 2. The van der Waals surface area contributed by atoms with Gasteiger partial charge in [0.2, 0.25) is 5.91 Å². The van der Waals surface area contributed by atoms with E-state index in [-0.39, 0.29) is 18.3 Å². The molecule has 8 nitrogen and oxygen atoms in total. The maximum absolute atomic E-state index is 12.7. The summed E-state index contributed by atoms with van der Waals surface area (Å²) in [6.45, 7) is 11.9. The highest BCUT2D eigenvalue weighted by Crippen LogP contribution is 2.30. The topological polar surface area (TPSA) is 95.3 Å². The molecule has 0 radical (unpaired) electrons. The summed E-state index contributed by atoms with van der Waals surface area (Å²) in [4.78, 5) is 25.7. The van der Waals surface area contributed by atoms with Gasteiger partial charge in [0, 0.05) is 16.4 Å². The highest BCUT2D eigenvalue weighted by molar-refractivity contribution is 7.99. The van der Waals surface area contributed by atoms with Crippen molar-refractivity contribution >= 4 is 51.6 Å². The van der Waals surface area contributed by atoms with Gasteiger partial charge in [-0.3, -0.25) is 9.36 Å². The smallest absolute Gasteiger partial charge is 0.341 e. The Morgan fingerprint density at radius 3 is 2.77 bits per heavy atom. The van der Waals surface area contributed by atoms with Gasteiger partial charge in [-0.1, -0.05) is 29.4 Å². The quantitative estimate of drug-likeness (QED) is 0.187. The number of allylic oxidation sites excluding steroid dienone is 1. The molecule has 0 aliphatic rings. The Labute approximate surface area is 217 Å². The molecule has 0 aliphatic heterocycles. The van der Waals surface area contributed by atoms with E-state index in [1.165, 1.54) is 23.1 Å². The molecular weight excluding hydrogens is 508 g/mol. The van der Waals surface area contributed by atoms with Gasteiger partial charge in [0.05, 0.1) is 17.9 Å². The molecule has 35 heavy (non-hydrogen) atoms. The van der Waals surface area contributed by atoms with Crippen LogP contribution in [0.4, 0.5) is 5.00 Å². The van der Waals surface area contributed by atoms with E-state index < -0.39 is 12.1 Å². The van der Waals surface area contributed by atoms with E-state index in [1.54, 1.807) is 25.1 Å². The second-order valence-electron chi connectivity index (χ2n) is 7.57. The number of nitrogens with one attached hydrogen (secondary N) is 1. The summed E-state index contributed by atoms with van der Waals surface area (Å²) in [6.07, 6.45) is 1.34. The lowest BCUT2D eigenvalue weighted by Gasteiger charge is -2.17. The third kappa shape index (κ3) is 6.87. The van der Waals surface area contributed by atoms with Crippen LogP contribution >= 0.6 is 34.7 Å². The molecule has 1 amide bonds. The lowest BCUT2D eigenvalue weighted by Crippen LogP contribution is -2.17. The van der Waals surface area contributed by atoms with Crippen molar-refractivity contribution in [1.29, 1.82) is 0 Å². The number of anilines is 1. The van der Waals surface area contributed by atoms with Crippen molar-refractivity contribution in [2.75, 3.05) is 17.7 Å². The van der Waals surface area contributed by atoms with Crippen molar-refractivity contribution in [2.24, 2.45) is 0 Å². The molecule has 3 rings (SSSR count). The van der Waals surface area contributed by atoms with Crippen LogP contribution < -0.4 is 10.1 Å². The van der Waals surface area contributed by atoms with Gasteiger partial charge in [0.1, 0.15) is 10.8 Å². The number of rotatable bonds is 11. The average molecular weight is 535 g/mol. The predicted octanol–water partition coefficient (Wildman–Crippen LogP) is 5.84. The lowest BCUT2D eigenvalue weighted by molar-refractivity contribution is -0.113. The number of thiophene rings is 1. The zero-order valence-corrected chi connectivity index (χ0v) is 22.4. The Balaban J connectivity index is 1.69. The monoisotopic (exact) mass is 534 g/mol. The number of benzene rings is 1. The van der Waals surface area contributed by atoms with Crippen molar-refractivity contribution in [3.8, 4) is 5.75 Å². The zero-order valence-electron chi connectivity index (χ0n) is 20.0. The molecular formula is C24H27ClN4O4S2. The second kappa shape index (κ2) is 12.2. The first-order valence-corrected chi connectivity index (χ1v) is 13.1. The minimum absolute atomic E-state index is 0.0834. The van der Waals surface area contributed by atoms with Crippen LogP contribution in [-0.4, -0.2) is 39.0 Å². The van der Waals surface area contributed by atoms with E-state index in [1.807, 2.05) is 37.5 Å². The zero-order chi connectivity index (χ0) is 25.5. The second-order valence-corrected chi connectivity index (χ2v) is 10.2. The van der Waals surface area contributed by atoms with Crippen LogP contribution in [0.25, 0.3) is 0 Å². The van der Waals surface area contributed by atoms with Crippen molar-refractivity contribution in [3.05, 3.63) is 63.8 Å². The molecule has 0 saturated heterocycles. The largest absolute Gasteiger partial charge is 0.482 e. The van der Waals surface area contributed by atoms with Gasteiger partial charge in [-0.15, -0.1) is 28.1 Å². The first kappa shape index (κ1) is 26.8. The van der Waals surface area contributed by atoms with Gasteiger partial charge in [0.15, 0.2) is 17.1 Å². The molecule has 1 N–H and O–H groups in total. The molecule has 1 atom stereocenters. The Morgan fingerprint density at radius 2 is 2.09 bits per heavy atom. The standard InChI is InChI=1S/C24H27ClN4O4S2/c1-6-10-29-21(16(5)33-19-9-8-17(25)11-14(19)3)27-28-24(29)34-13-20(30)26-22-18(12-15(4)35-22)23(31)32-7-2/h6,8-9,11-12,16H,1,7,10,13H2,2-5H3,(H,26,30).